The number of primary amides is 2. The van der Waals surface area contributed by atoms with Gasteiger partial charge in [0.05, 0.1) is 31.6 Å². The highest BCUT2D eigenvalue weighted by atomic mass is 35.5. The Balaban J connectivity index is 0.000000612. The summed E-state index contributed by atoms with van der Waals surface area (Å²) in [6.07, 6.45) is -1.07. The molecule has 4 heterocycles. The molecule has 34 heteroatoms. The van der Waals surface area contributed by atoms with Gasteiger partial charge in [-0.1, -0.05) is 13.8 Å². The van der Waals surface area contributed by atoms with E-state index in [2.05, 4.69) is 45.9 Å². The van der Waals surface area contributed by atoms with Gasteiger partial charge in [0.25, 0.3) is 11.1 Å². The summed E-state index contributed by atoms with van der Waals surface area (Å²) in [6, 6.07) is -0.840. The number of hydrogen-bond acceptors (Lipinski definition) is 20. The number of nitrogens with one attached hydrogen (secondary N) is 3. The van der Waals surface area contributed by atoms with Gasteiger partial charge in [-0.15, -0.1) is 23.4 Å². The van der Waals surface area contributed by atoms with Gasteiger partial charge in [-0.3, -0.25) is 57.7 Å². The highest BCUT2D eigenvalue weighted by molar-refractivity contribution is 7.99. The van der Waals surface area contributed by atoms with Crippen LogP contribution in [0.25, 0.3) is 22.3 Å². The van der Waals surface area contributed by atoms with E-state index in [9.17, 15) is 46.7 Å². The van der Waals surface area contributed by atoms with Gasteiger partial charge in [0.2, 0.25) is 29.6 Å². The first-order valence-electron chi connectivity index (χ1n) is 19.7. The molecule has 4 aromatic heterocycles. The van der Waals surface area contributed by atoms with E-state index in [-0.39, 0.29) is 97.9 Å². The third-order valence-electron chi connectivity index (χ3n) is 7.77. The van der Waals surface area contributed by atoms with Crippen LogP contribution >= 0.6 is 23.4 Å². The Hall–Kier alpha value is -7.26. The number of amides is 3. The Morgan fingerprint density at radius 2 is 1.33 bits per heavy atom. The van der Waals surface area contributed by atoms with Crippen LogP contribution in [0.15, 0.2) is 27.2 Å². The average molecular weight is 1030 g/mol. The van der Waals surface area contributed by atoms with Crippen LogP contribution in [0.2, 0.25) is 0 Å². The molecule has 2 atom stereocenters. The van der Waals surface area contributed by atoms with E-state index in [4.69, 9.17) is 69.1 Å². The van der Waals surface area contributed by atoms with Gasteiger partial charge >= 0.3 is 24.1 Å². The van der Waals surface area contributed by atoms with Crippen molar-refractivity contribution in [3.63, 3.8) is 0 Å². The molecule has 0 saturated heterocycles. The number of halogens is 4. The highest BCUT2D eigenvalue weighted by Gasteiger charge is 2.38. The number of nitrogen functional groups attached to an aromatic ring is 2. The number of aromatic amines is 2. The largest absolute Gasteiger partial charge is 0.490 e. The van der Waals surface area contributed by atoms with Crippen molar-refractivity contribution in [1.82, 2.24) is 44.4 Å². The smallest absolute Gasteiger partial charge is 0.475 e. The molecule has 0 fully saturated rings. The number of aliphatic imine (C=N–C) groups is 1. The van der Waals surface area contributed by atoms with Gasteiger partial charge in [-0.05, 0) is 12.8 Å². The van der Waals surface area contributed by atoms with E-state index in [0.717, 1.165) is 0 Å². The number of hydrogen-bond donors (Lipinski definition) is 10. The summed E-state index contributed by atoms with van der Waals surface area (Å²) in [6.45, 7) is 4.24. The quantitative estimate of drug-likeness (QED) is 0.0122. The Morgan fingerprint density at radius 1 is 0.870 bits per heavy atom. The summed E-state index contributed by atoms with van der Waals surface area (Å²) in [4.78, 5) is 113. The summed E-state index contributed by atoms with van der Waals surface area (Å²) < 4.78 is 55.3. The van der Waals surface area contributed by atoms with Crippen LogP contribution in [0.3, 0.4) is 0 Å². The van der Waals surface area contributed by atoms with E-state index in [1.807, 2.05) is 0 Å². The number of ether oxygens (including phenoxy) is 4. The lowest BCUT2D eigenvalue weighted by atomic mass is 10.1. The zero-order valence-electron chi connectivity index (χ0n) is 36.9. The highest BCUT2D eigenvalue weighted by Crippen LogP contribution is 2.13. The molecule has 0 aliphatic carbocycles. The number of esters is 2. The number of imidazole rings is 2. The van der Waals surface area contributed by atoms with Crippen LogP contribution in [0, 0.1) is 5.92 Å². The number of guanidine groups is 1. The van der Waals surface area contributed by atoms with Crippen LogP contribution in [0.1, 0.15) is 33.1 Å². The van der Waals surface area contributed by atoms with Crippen LogP contribution in [0.5, 0.6) is 0 Å². The maximum Gasteiger partial charge on any atom is 0.490 e. The van der Waals surface area contributed by atoms with Gasteiger partial charge in [0.1, 0.15) is 38.6 Å². The van der Waals surface area contributed by atoms with Crippen molar-refractivity contribution in [2.24, 2.45) is 33.8 Å². The van der Waals surface area contributed by atoms with E-state index in [0.29, 0.717) is 37.2 Å². The number of thioether (sulfide) groups is 1. The number of carbonyl (C=O) groups excluding carboxylic acids is 5. The second kappa shape index (κ2) is 30.9. The molecule has 0 bridgehead atoms. The molecule has 0 aliphatic rings. The van der Waals surface area contributed by atoms with Gasteiger partial charge in [0.15, 0.2) is 28.3 Å². The molecule has 16 N–H and O–H groups in total. The number of nitrogens with zero attached hydrogens (tertiary/aromatic N) is 7. The van der Waals surface area contributed by atoms with Crippen molar-refractivity contribution < 1.29 is 66.0 Å². The number of aliphatic carboxylic acids is 1. The van der Waals surface area contributed by atoms with Crippen molar-refractivity contribution in [1.29, 1.82) is 0 Å². The van der Waals surface area contributed by atoms with Gasteiger partial charge < -0.3 is 63.8 Å². The van der Waals surface area contributed by atoms with Crippen molar-refractivity contribution in [3.8, 4) is 0 Å². The maximum atomic E-state index is 12.4. The standard InChI is InChI=1S/C20H32N10O6S.C10H12ClN5O4.C3H7NO.C2HF3O2/c1-11(17(33)27-12(15(21)32)3-2-4-25-19(22)23)7-37-8-13(31)36-6-5-35-10-30-9-26-14-16(30)28-20(24)29-18(14)34;11-3-6(17)20-2-1-19-5-16-4-13-7-8(16)14-10(12)15-9(7)18;1-2-3(4)5;3-2(4,5)1(6)7/h9,11-12H,2-8,10H2,1H3,(H2,21,32)(H,27,33)(H4,22,23,25)(H3,24,28,29,34);4H,1-3,5H2,(H3,12,14,15,18);2H2,1H3,(H2,4,5);(H,6,7)/t11-,12+;;;/m0.../s1. The SMILES string of the molecule is CCC(N)=O.C[C@@H](CSCC(=O)OCCOCn1cnc2c(=O)[nH]c(N)nc21)C(=O)N[C@H](CCCN=C(N)N)C(N)=O.Nc1nc2c(ncn2COCCOC(=O)CCl)c(=O)[nH]1.O=C(O)C(F)(F)F. The Labute approximate surface area is 396 Å². The van der Waals surface area contributed by atoms with Gasteiger partial charge in [-0.2, -0.15) is 23.1 Å². The molecule has 3 amide bonds. The average Bonchev–Trinajstić information content (AvgIpc) is 3.88. The fourth-order valence-electron chi connectivity index (χ4n) is 4.46. The molecule has 0 aromatic carbocycles. The summed E-state index contributed by atoms with van der Waals surface area (Å²) in [5.41, 5.74) is 31.6. The first-order chi connectivity index (χ1) is 32.4. The van der Waals surface area contributed by atoms with Crippen molar-refractivity contribution >= 4 is 99.2 Å². The monoisotopic (exact) mass is 1030 g/mol. The van der Waals surface area contributed by atoms with Crippen molar-refractivity contribution in [2.75, 3.05) is 61.8 Å². The van der Waals surface area contributed by atoms with Crippen LogP contribution in [-0.2, 0) is 61.2 Å². The molecule has 0 unspecified atom stereocenters. The minimum atomic E-state index is -5.08. The van der Waals surface area contributed by atoms with Gasteiger partial charge in [-0.25, -0.2) is 14.8 Å². The molecule has 29 nitrogen and oxygen atoms in total. The summed E-state index contributed by atoms with van der Waals surface area (Å²) in [5.74, 6) is -5.38. The zero-order valence-corrected chi connectivity index (χ0v) is 38.4. The molecule has 384 valence electrons. The molecule has 0 saturated carbocycles. The Bertz CT molecular complexity index is 2460. The van der Waals surface area contributed by atoms with Crippen LogP contribution in [0.4, 0.5) is 25.1 Å². The molecule has 4 rings (SSSR count). The third kappa shape index (κ3) is 23.9. The molecule has 0 spiro atoms. The second-order valence-corrected chi connectivity index (χ2v) is 14.6. The minimum Gasteiger partial charge on any atom is -0.475 e. The van der Waals surface area contributed by atoms with Crippen LogP contribution in [-0.4, -0.2) is 148 Å². The third-order valence-corrected chi connectivity index (χ3v) is 9.16. The number of carbonyl (C=O) groups is 6. The summed E-state index contributed by atoms with van der Waals surface area (Å²) >= 11 is 6.48. The van der Waals surface area contributed by atoms with Gasteiger partial charge in [0, 0.05) is 24.6 Å². The summed E-state index contributed by atoms with van der Waals surface area (Å²) in [7, 11) is 0. The number of nitrogens with two attached hydrogens (primary N) is 6. The van der Waals surface area contributed by atoms with Crippen LogP contribution < -0.4 is 50.8 Å². The Morgan fingerprint density at radius 3 is 1.74 bits per heavy atom. The lowest BCUT2D eigenvalue weighted by Crippen LogP contribution is -2.46. The molecule has 0 aliphatic heterocycles. The lowest BCUT2D eigenvalue weighted by molar-refractivity contribution is -0.192. The lowest BCUT2D eigenvalue weighted by Gasteiger charge is -2.18. The van der Waals surface area contributed by atoms with Crippen molar-refractivity contribution in [2.45, 2.75) is 58.8 Å². The van der Waals surface area contributed by atoms with E-state index in [1.165, 1.54) is 33.6 Å². The van der Waals surface area contributed by atoms with E-state index in [1.54, 1.807) is 13.8 Å². The fraction of sp³-hybridized carbons (Fsp3) is 0.514. The number of fused-ring (bicyclic) bond motifs is 2. The van der Waals surface area contributed by atoms with Crippen molar-refractivity contribution in [3.05, 3.63) is 33.4 Å². The Kier molecular flexibility index (Phi) is 26.8. The molecule has 4 aromatic rings. The van der Waals surface area contributed by atoms with E-state index < -0.39 is 53.1 Å². The predicted molar refractivity (Wildman–Crippen MR) is 240 cm³/mol. The summed E-state index contributed by atoms with van der Waals surface area (Å²) in [5, 5.41) is 9.74. The molecule has 69 heavy (non-hydrogen) atoms. The fourth-order valence-corrected chi connectivity index (χ4v) is 5.41. The molecule has 0 radical (unpaired) electrons. The number of rotatable bonds is 23. The second-order valence-electron chi connectivity index (χ2n) is 13.3. The number of carboxylic acids is 1. The topological polar surface area (TPSA) is 467 Å². The number of H-pyrrole nitrogens is 2. The van der Waals surface area contributed by atoms with E-state index >= 15 is 0 Å². The predicted octanol–water partition coefficient (Wildman–Crippen LogP) is -2.42. The zero-order chi connectivity index (χ0) is 52.3. The maximum absolute atomic E-state index is 12.4. The number of alkyl halides is 4. The number of aromatic nitrogens is 8. The molecular weight excluding hydrogens is 977 g/mol. The first kappa shape index (κ1) is 59.8. The minimum absolute atomic E-state index is 0.000271. The number of carboxylic acid groups (broad SMARTS) is 1. The normalized spacial score (nSPS) is 11.6. The first-order valence-corrected chi connectivity index (χ1v) is 21.4. The number of anilines is 2. The molecular formula is C35H52ClF3N16O13S.